The van der Waals surface area contributed by atoms with Crippen molar-refractivity contribution < 1.29 is 13.2 Å². The van der Waals surface area contributed by atoms with E-state index in [1.165, 1.54) is 29.8 Å². The predicted octanol–water partition coefficient (Wildman–Crippen LogP) is 4.39. The summed E-state index contributed by atoms with van der Waals surface area (Å²) in [5, 5.41) is 2.83. The molecule has 0 saturated heterocycles. The van der Waals surface area contributed by atoms with Crippen molar-refractivity contribution in [1.29, 1.82) is 0 Å². The molecule has 0 bridgehead atoms. The zero-order chi connectivity index (χ0) is 20.0. The average Bonchev–Trinajstić information content (AvgIpc) is 2.61. The van der Waals surface area contributed by atoms with Gasteiger partial charge in [0.2, 0.25) is 10.0 Å². The molecule has 0 aliphatic heterocycles. The number of rotatable bonds is 8. The summed E-state index contributed by atoms with van der Waals surface area (Å²) < 4.78 is 27.1. The minimum atomic E-state index is -3.55. The SMILES string of the molecule is CC(C)CCNS(=O)(=O)c1ccc(C(=O)Nc2ccc(C(C)C)cc2)cc1. The molecular weight excluding hydrogens is 360 g/mol. The van der Waals surface area contributed by atoms with Gasteiger partial charge in [-0.3, -0.25) is 4.79 Å². The number of hydrogen-bond donors (Lipinski definition) is 2. The Hall–Kier alpha value is -2.18. The number of sulfonamides is 1. The maximum absolute atomic E-state index is 12.4. The molecule has 0 spiro atoms. The molecule has 0 aliphatic rings. The molecule has 5 nitrogen and oxygen atoms in total. The van der Waals surface area contributed by atoms with E-state index in [2.05, 4.69) is 23.9 Å². The molecule has 2 aromatic rings. The number of amides is 1. The summed E-state index contributed by atoms with van der Waals surface area (Å²) in [4.78, 5) is 12.5. The van der Waals surface area contributed by atoms with Crippen LogP contribution in [0.15, 0.2) is 53.4 Å². The molecule has 2 aromatic carbocycles. The third-order valence-electron chi connectivity index (χ3n) is 4.28. The van der Waals surface area contributed by atoms with E-state index in [0.29, 0.717) is 29.6 Å². The van der Waals surface area contributed by atoms with Crippen molar-refractivity contribution in [2.75, 3.05) is 11.9 Å². The van der Waals surface area contributed by atoms with Gasteiger partial charge >= 0.3 is 0 Å². The van der Waals surface area contributed by atoms with Gasteiger partial charge in [0.25, 0.3) is 5.91 Å². The first-order valence-electron chi connectivity index (χ1n) is 9.20. The standard InChI is InChI=1S/C21H28N2O3S/c1-15(2)13-14-22-27(25,26)20-11-7-18(8-12-20)21(24)23-19-9-5-17(6-10-19)16(3)4/h5-12,15-16,22H,13-14H2,1-4H3,(H,23,24). The Morgan fingerprint density at radius 3 is 2.04 bits per heavy atom. The third kappa shape index (κ3) is 6.19. The minimum absolute atomic E-state index is 0.157. The van der Waals surface area contributed by atoms with Crippen molar-refractivity contribution in [2.45, 2.75) is 44.9 Å². The first kappa shape index (κ1) is 21.1. The number of hydrogen-bond acceptors (Lipinski definition) is 3. The zero-order valence-corrected chi connectivity index (χ0v) is 17.1. The smallest absolute Gasteiger partial charge is 0.255 e. The molecule has 0 unspecified atom stereocenters. The van der Waals surface area contributed by atoms with Crippen molar-refractivity contribution in [3.05, 3.63) is 59.7 Å². The molecule has 0 aromatic heterocycles. The van der Waals surface area contributed by atoms with Crippen molar-refractivity contribution in [1.82, 2.24) is 4.72 Å². The largest absolute Gasteiger partial charge is 0.322 e. The van der Waals surface area contributed by atoms with Crippen molar-refractivity contribution in [3.63, 3.8) is 0 Å². The van der Waals surface area contributed by atoms with Gasteiger partial charge in [-0.25, -0.2) is 13.1 Å². The van der Waals surface area contributed by atoms with Gasteiger partial charge in [-0.15, -0.1) is 0 Å². The van der Waals surface area contributed by atoms with Crippen molar-refractivity contribution in [3.8, 4) is 0 Å². The van der Waals surface area contributed by atoms with Crippen LogP contribution in [0.1, 0.15) is 56.0 Å². The average molecular weight is 389 g/mol. The molecule has 2 N–H and O–H groups in total. The molecule has 0 heterocycles. The highest BCUT2D eigenvalue weighted by atomic mass is 32.2. The lowest BCUT2D eigenvalue weighted by atomic mass is 10.0. The highest BCUT2D eigenvalue weighted by Crippen LogP contribution is 2.18. The van der Waals surface area contributed by atoms with E-state index in [1.54, 1.807) is 0 Å². The molecule has 0 fully saturated rings. The molecule has 1 amide bonds. The summed E-state index contributed by atoms with van der Waals surface area (Å²) >= 11 is 0. The fourth-order valence-electron chi connectivity index (χ4n) is 2.51. The van der Waals surface area contributed by atoms with Gasteiger partial charge in [-0.2, -0.15) is 0 Å². The quantitative estimate of drug-likeness (QED) is 0.704. The van der Waals surface area contributed by atoms with Crippen LogP contribution in [0, 0.1) is 5.92 Å². The number of benzene rings is 2. The zero-order valence-electron chi connectivity index (χ0n) is 16.3. The van der Waals surface area contributed by atoms with Gasteiger partial charge < -0.3 is 5.32 Å². The highest BCUT2D eigenvalue weighted by molar-refractivity contribution is 7.89. The van der Waals surface area contributed by atoms with Crippen LogP contribution in [-0.4, -0.2) is 20.9 Å². The number of carbonyl (C=O) groups excluding carboxylic acids is 1. The summed E-state index contributed by atoms with van der Waals surface area (Å²) in [7, 11) is -3.55. The van der Waals surface area contributed by atoms with Crippen LogP contribution in [0.4, 0.5) is 5.69 Å². The first-order chi connectivity index (χ1) is 12.7. The van der Waals surface area contributed by atoms with E-state index in [4.69, 9.17) is 0 Å². The van der Waals surface area contributed by atoms with Crippen LogP contribution in [0.25, 0.3) is 0 Å². The number of nitrogens with one attached hydrogen (secondary N) is 2. The summed E-state index contributed by atoms with van der Waals surface area (Å²) in [6.45, 7) is 8.70. The van der Waals surface area contributed by atoms with Gasteiger partial charge in [-0.1, -0.05) is 39.8 Å². The fraction of sp³-hybridized carbons (Fsp3) is 0.381. The van der Waals surface area contributed by atoms with Gasteiger partial charge in [0.1, 0.15) is 0 Å². The van der Waals surface area contributed by atoms with Crippen LogP contribution in [-0.2, 0) is 10.0 Å². The Bertz CT molecular complexity index is 855. The van der Waals surface area contributed by atoms with Gasteiger partial charge in [0.05, 0.1) is 4.90 Å². The van der Waals surface area contributed by atoms with E-state index >= 15 is 0 Å². The summed E-state index contributed by atoms with van der Waals surface area (Å²) in [5.74, 6) is 0.579. The van der Waals surface area contributed by atoms with E-state index in [0.717, 1.165) is 6.42 Å². The van der Waals surface area contributed by atoms with Crippen LogP contribution < -0.4 is 10.0 Å². The molecule has 0 saturated carbocycles. The molecular formula is C21H28N2O3S. The van der Waals surface area contributed by atoms with Gasteiger partial charge in [-0.05, 0) is 60.2 Å². The Kier molecular flexibility index (Phi) is 7.16. The van der Waals surface area contributed by atoms with Crippen LogP contribution in [0.5, 0.6) is 0 Å². The lowest BCUT2D eigenvalue weighted by Gasteiger charge is -2.10. The molecule has 2 rings (SSSR count). The second-order valence-corrected chi connectivity index (χ2v) is 9.10. The lowest BCUT2D eigenvalue weighted by molar-refractivity contribution is 0.102. The van der Waals surface area contributed by atoms with E-state index in [1.807, 2.05) is 38.1 Å². The Morgan fingerprint density at radius 1 is 0.926 bits per heavy atom. The second kappa shape index (κ2) is 9.15. The maximum Gasteiger partial charge on any atom is 0.255 e. The third-order valence-corrected chi connectivity index (χ3v) is 5.75. The number of carbonyl (C=O) groups is 1. The normalized spacial score (nSPS) is 11.8. The van der Waals surface area contributed by atoms with Gasteiger partial charge in [0.15, 0.2) is 0 Å². The van der Waals surface area contributed by atoms with Crippen LogP contribution in [0.3, 0.4) is 0 Å². The lowest BCUT2D eigenvalue weighted by Crippen LogP contribution is -2.25. The van der Waals surface area contributed by atoms with Crippen molar-refractivity contribution >= 4 is 21.6 Å². The highest BCUT2D eigenvalue weighted by Gasteiger charge is 2.15. The minimum Gasteiger partial charge on any atom is -0.322 e. The van der Waals surface area contributed by atoms with Gasteiger partial charge in [0, 0.05) is 17.8 Å². The molecule has 0 radical (unpaired) electrons. The molecule has 27 heavy (non-hydrogen) atoms. The maximum atomic E-state index is 12.4. The van der Waals surface area contributed by atoms with Crippen LogP contribution in [0.2, 0.25) is 0 Å². The fourth-order valence-corrected chi connectivity index (χ4v) is 3.55. The van der Waals surface area contributed by atoms with Crippen molar-refractivity contribution in [2.24, 2.45) is 5.92 Å². The predicted molar refractivity (Wildman–Crippen MR) is 110 cm³/mol. The molecule has 6 heteroatoms. The summed E-state index contributed by atoms with van der Waals surface area (Å²) in [6, 6.07) is 13.7. The topological polar surface area (TPSA) is 75.3 Å². The summed E-state index contributed by atoms with van der Waals surface area (Å²) in [6.07, 6.45) is 0.773. The van der Waals surface area contributed by atoms with E-state index < -0.39 is 10.0 Å². The van der Waals surface area contributed by atoms with Crippen LogP contribution >= 0.6 is 0 Å². The monoisotopic (exact) mass is 388 g/mol. The second-order valence-electron chi connectivity index (χ2n) is 7.34. The molecule has 146 valence electrons. The first-order valence-corrected chi connectivity index (χ1v) is 10.7. The Balaban J connectivity index is 2.02. The molecule has 0 aliphatic carbocycles. The van der Waals surface area contributed by atoms with E-state index in [9.17, 15) is 13.2 Å². The molecule has 0 atom stereocenters. The Labute approximate surface area is 162 Å². The Morgan fingerprint density at radius 2 is 1.52 bits per heavy atom. The summed E-state index contributed by atoms with van der Waals surface area (Å²) in [5.41, 5.74) is 2.31. The number of anilines is 1. The van der Waals surface area contributed by atoms with E-state index in [-0.39, 0.29) is 10.8 Å².